The third-order valence-corrected chi connectivity index (χ3v) is 3.96. The lowest BCUT2D eigenvalue weighted by Gasteiger charge is -1.98. The second-order valence-electron chi connectivity index (χ2n) is 5.84. The van der Waals surface area contributed by atoms with Crippen molar-refractivity contribution in [2.75, 3.05) is 0 Å². The van der Waals surface area contributed by atoms with Crippen LogP contribution in [-0.4, -0.2) is 31.0 Å². The third kappa shape index (κ3) is 3.08. The number of carboxylic acids is 1. The van der Waals surface area contributed by atoms with Crippen molar-refractivity contribution in [3.63, 3.8) is 0 Å². The lowest BCUT2D eigenvalue weighted by Crippen LogP contribution is -1.95. The van der Waals surface area contributed by atoms with Gasteiger partial charge in [0, 0.05) is 11.1 Å². The first-order valence-electron chi connectivity index (χ1n) is 8.28. The fourth-order valence-electron chi connectivity index (χ4n) is 2.63. The summed E-state index contributed by atoms with van der Waals surface area (Å²) >= 11 is 0. The van der Waals surface area contributed by atoms with E-state index in [2.05, 4.69) is 19.9 Å². The molecule has 0 aliphatic carbocycles. The number of hydrogen-bond acceptors (Lipinski definition) is 9. The van der Waals surface area contributed by atoms with Gasteiger partial charge in [-0.15, -0.1) is 0 Å². The number of nitrogens with zero attached hydrogens (tertiary/aromatic N) is 4. The summed E-state index contributed by atoms with van der Waals surface area (Å²) < 4.78 is 21.4. The maximum atomic E-state index is 10.9. The van der Waals surface area contributed by atoms with Gasteiger partial charge in [0.2, 0.25) is 23.6 Å². The fourth-order valence-corrected chi connectivity index (χ4v) is 2.63. The Morgan fingerprint density at radius 2 is 1.45 bits per heavy atom. The molecule has 5 rings (SSSR count). The van der Waals surface area contributed by atoms with Crippen molar-refractivity contribution < 1.29 is 27.6 Å². The molecule has 0 spiro atoms. The van der Waals surface area contributed by atoms with Crippen LogP contribution in [0.2, 0.25) is 0 Å². The Balaban J connectivity index is 1.44. The maximum absolute atomic E-state index is 10.9. The predicted molar refractivity (Wildman–Crippen MR) is 95.4 cm³/mol. The minimum Gasteiger partial charge on any atom is -0.476 e. The Labute approximate surface area is 161 Å². The summed E-state index contributed by atoms with van der Waals surface area (Å²) in [6.07, 6.45) is 6.82. The van der Waals surface area contributed by atoms with Gasteiger partial charge in [0.25, 0.3) is 0 Å². The van der Waals surface area contributed by atoms with E-state index in [1.807, 2.05) is 6.07 Å². The standard InChI is InChI=1S/C19H10N4O6/c24-19(25)14-9-29-18(23-14)13-8-28-16(22-13)11-3-1-2-10(6-11)15-21-12(7-27-15)17-20-4-5-26-17/h1-9H,(H,24,25). The molecule has 0 bridgehead atoms. The number of carboxylic acid groups (broad SMARTS) is 1. The lowest BCUT2D eigenvalue weighted by molar-refractivity contribution is 0.0690. The van der Waals surface area contributed by atoms with E-state index in [9.17, 15) is 4.79 Å². The summed E-state index contributed by atoms with van der Waals surface area (Å²) in [6, 6.07) is 7.22. The molecule has 0 saturated heterocycles. The molecule has 10 nitrogen and oxygen atoms in total. The van der Waals surface area contributed by atoms with Gasteiger partial charge < -0.3 is 22.8 Å². The minimum atomic E-state index is -1.19. The van der Waals surface area contributed by atoms with Crippen molar-refractivity contribution in [1.29, 1.82) is 0 Å². The van der Waals surface area contributed by atoms with Gasteiger partial charge in [-0.25, -0.2) is 24.7 Å². The molecule has 0 saturated carbocycles. The van der Waals surface area contributed by atoms with Crippen LogP contribution in [0.3, 0.4) is 0 Å². The molecule has 0 radical (unpaired) electrons. The second-order valence-corrected chi connectivity index (χ2v) is 5.84. The third-order valence-electron chi connectivity index (χ3n) is 3.96. The smallest absolute Gasteiger partial charge is 0.357 e. The largest absolute Gasteiger partial charge is 0.476 e. The first kappa shape index (κ1) is 16.7. The highest BCUT2D eigenvalue weighted by molar-refractivity contribution is 5.85. The van der Waals surface area contributed by atoms with Gasteiger partial charge in [0.1, 0.15) is 25.1 Å². The zero-order valence-corrected chi connectivity index (χ0v) is 14.5. The number of aromatic carboxylic acids is 1. The van der Waals surface area contributed by atoms with E-state index in [1.165, 1.54) is 25.0 Å². The molecule has 5 aromatic rings. The zero-order chi connectivity index (χ0) is 19.8. The molecule has 1 aromatic carbocycles. The Bertz CT molecular complexity index is 1300. The van der Waals surface area contributed by atoms with E-state index >= 15 is 0 Å². The summed E-state index contributed by atoms with van der Waals surface area (Å²) in [5, 5.41) is 8.94. The number of aromatic nitrogens is 4. The highest BCUT2D eigenvalue weighted by Crippen LogP contribution is 2.29. The molecule has 0 aliphatic rings. The quantitative estimate of drug-likeness (QED) is 0.468. The van der Waals surface area contributed by atoms with Crippen LogP contribution < -0.4 is 0 Å². The molecular weight excluding hydrogens is 380 g/mol. The molecule has 0 amide bonds. The summed E-state index contributed by atoms with van der Waals surface area (Å²) in [7, 11) is 0. The molecule has 0 unspecified atom stereocenters. The molecule has 0 fully saturated rings. The molecule has 4 aromatic heterocycles. The Morgan fingerprint density at radius 1 is 0.793 bits per heavy atom. The average molecular weight is 390 g/mol. The van der Waals surface area contributed by atoms with Crippen LogP contribution in [-0.2, 0) is 0 Å². The predicted octanol–water partition coefficient (Wildman–Crippen LogP) is 4.00. The van der Waals surface area contributed by atoms with Crippen LogP contribution >= 0.6 is 0 Å². The SMILES string of the molecule is O=C(O)c1coc(-c2coc(-c3cccc(-c4nc(-c5ncco5)co4)c3)n2)n1. The van der Waals surface area contributed by atoms with Gasteiger partial charge in [0.15, 0.2) is 17.1 Å². The highest BCUT2D eigenvalue weighted by atomic mass is 16.4. The van der Waals surface area contributed by atoms with Crippen molar-refractivity contribution in [3.05, 3.63) is 61.2 Å². The molecule has 0 atom stereocenters. The summed E-state index contributed by atoms with van der Waals surface area (Å²) in [4.78, 5) is 27.5. The van der Waals surface area contributed by atoms with E-state index in [-0.39, 0.29) is 17.3 Å². The first-order chi connectivity index (χ1) is 14.2. The molecule has 4 heterocycles. The number of rotatable bonds is 5. The van der Waals surface area contributed by atoms with Gasteiger partial charge in [-0.05, 0) is 18.2 Å². The van der Waals surface area contributed by atoms with Gasteiger partial charge in [-0.3, -0.25) is 0 Å². The van der Waals surface area contributed by atoms with Crippen molar-refractivity contribution >= 4 is 5.97 Å². The van der Waals surface area contributed by atoms with Crippen molar-refractivity contribution in [3.8, 4) is 46.1 Å². The van der Waals surface area contributed by atoms with Gasteiger partial charge in [-0.2, -0.15) is 0 Å². The Hall–Kier alpha value is -4.47. The monoisotopic (exact) mass is 390 g/mol. The summed E-state index contributed by atoms with van der Waals surface area (Å²) in [5.74, 6) is -0.0921. The van der Waals surface area contributed by atoms with Gasteiger partial charge in [-0.1, -0.05) is 6.07 Å². The van der Waals surface area contributed by atoms with Crippen molar-refractivity contribution in [2.24, 2.45) is 0 Å². The molecule has 1 N–H and O–H groups in total. The highest BCUT2D eigenvalue weighted by Gasteiger charge is 2.17. The number of carbonyl (C=O) groups is 1. The van der Waals surface area contributed by atoms with Crippen LogP contribution in [0.5, 0.6) is 0 Å². The van der Waals surface area contributed by atoms with Crippen LogP contribution in [0.4, 0.5) is 0 Å². The zero-order valence-electron chi connectivity index (χ0n) is 14.5. The van der Waals surface area contributed by atoms with Gasteiger partial charge >= 0.3 is 5.97 Å². The van der Waals surface area contributed by atoms with Crippen LogP contribution in [0.25, 0.3) is 46.1 Å². The molecule has 142 valence electrons. The van der Waals surface area contributed by atoms with E-state index in [1.54, 1.807) is 18.2 Å². The molecule has 10 heteroatoms. The summed E-state index contributed by atoms with van der Waals surface area (Å²) in [5.41, 5.74) is 1.91. The Kier molecular flexibility index (Phi) is 3.80. The van der Waals surface area contributed by atoms with Crippen molar-refractivity contribution in [2.45, 2.75) is 0 Å². The van der Waals surface area contributed by atoms with Crippen LogP contribution in [0.1, 0.15) is 10.5 Å². The Morgan fingerprint density at radius 3 is 2.03 bits per heavy atom. The van der Waals surface area contributed by atoms with Crippen LogP contribution in [0, 0.1) is 0 Å². The van der Waals surface area contributed by atoms with Gasteiger partial charge in [0.05, 0.1) is 6.20 Å². The molecular formula is C19H10N4O6. The number of benzene rings is 1. The molecule has 29 heavy (non-hydrogen) atoms. The fraction of sp³-hybridized carbons (Fsp3) is 0. The van der Waals surface area contributed by atoms with E-state index in [4.69, 9.17) is 22.8 Å². The minimum absolute atomic E-state index is 0.0526. The topological polar surface area (TPSA) is 141 Å². The number of hydrogen-bond donors (Lipinski definition) is 1. The average Bonchev–Trinajstić information content (AvgIpc) is 3.54. The van der Waals surface area contributed by atoms with E-state index < -0.39 is 5.97 Å². The normalized spacial score (nSPS) is 11.0. The van der Waals surface area contributed by atoms with Crippen molar-refractivity contribution in [1.82, 2.24) is 19.9 Å². The van der Waals surface area contributed by atoms with Crippen LogP contribution in [0.15, 0.2) is 73.2 Å². The first-order valence-corrected chi connectivity index (χ1v) is 8.28. The summed E-state index contributed by atoms with van der Waals surface area (Å²) in [6.45, 7) is 0. The lowest BCUT2D eigenvalue weighted by atomic mass is 10.1. The number of oxazole rings is 4. The maximum Gasteiger partial charge on any atom is 0.357 e. The second kappa shape index (κ2) is 6.60. The molecule has 0 aliphatic heterocycles. The van der Waals surface area contributed by atoms with E-state index in [0.717, 1.165) is 6.26 Å². The van der Waals surface area contributed by atoms with E-state index in [0.29, 0.717) is 34.5 Å².